The van der Waals surface area contributed by atoms with Gasteiger partial charge in [-0.25, -0.2) is 32.3 Å². The number of carboxylic acid groups (broad SMARTS) is 1. The fourth-order valence-electron chi connectivity index (χ4n) is 9.32. The van der Waals surface area contributed by atoms with Crippen LogP contribution in [-0.2, 0) is 0 Å². The average molecular weight is 1080 g/mol. The molecule has 0 unspecified atom stereocenters. The molecule has 16 nitrogen and oxygen atoms in total. The first-order chi connectivity index (χ1) is 38.1. The fourth-order valence-corrected chi connectivity index (χ4v) is 9.32. The molecule has 0 aliphatic carbocycles. The van der Waals surface area contributed by atoms with E-state index >= 15 is 0 Å². The number of nitrogens with one attached hydrogen (secondary N) is 3. The molecule has 8 aromatic rings. The van der Waals surface area contributed by atoms with Crippen LogP contribution in [0.5, 0.6) is 0 Å². The summed E-state index contributed by atoms with van der Waals surface area (Å²) in [4.78, 5) is 73.9. The fraction of sp³-hybridized carbons (Fsp3) is 0.322. The number of carbonyl (C=O) groups is 2. The number of carbonyl (C=O) groups excluding carboxylic acids is 1. The van der Waals surface area contributed by atoms with E-state index in [1.165, 1.54) is 36.4 Å². The van der Waals surface area contributed by atoms with Gasteiger partial charge in [0, 0.05) is 59.2 Å². The van der Waals surface area contributed by atoms with Gasteiger partial charge in [0.25, 0.3) is 17.0 Å². The zero-order chi connectivity index (χ0) is 56.9. The van der Waals surface area contributed by atoms with Crippen LogP contribution in [0.2, 0.25) is 0 Å². The minimum atomic E-state index is -1.09. The van der Waals surface area contributed by atoms with Crippen LogP contribution in [0.25, 0.3) is 56.0 Å². The molecule has 4 aromatic heterocycles. The third-order valence-electron chi connectivity index (χ3n) is 13.7. The summed E-state index contributed by atoms with van der Waals surface area (Å²) in [5, 5.41) is 19.7. The summed E-state index contributed by atoms with van der Waals surface area (Å²) >= 11 is 0. The SMILES string of the molecule is CCCNC(=O)c1cccc(-c2nc(NCCCN(CC)CC)nc3c2ccc(=O)n3-c2c(F)cccc2F)c1C.CCN(CC)CCCNc1nc(-c2cccc(C(=O)O)c2C)c2ccc(=O)n(-c3c(F)cccc3F)c2n1. The molecule has 20 heteroatoms. The van der Waals surface area contributed by atoms with Crippen LogP contribution in [0.1, 0.15) is 85.7 Å². The number of pyridine rings is 2. The smallest absolute Gasteiger partial charge is 0.335 e. The molecule has 4 heterocycles. The average Bonchev–Trinajstić information content (AvgIpc) is 3.58. The number of halogens is 4. The Morgan fingerprint density at radius 3 is 1.32 bits per heavy atom. The van der Waals surface area contributed by atoms with Gasteiger partial charge in [0.2, 0.25) is 11.9 Å². The highest BCUT2D eigenvalue weighted by Crippen LogP contribution is 2.34. The maximum absolute atomic E-state index is 15.0. The third kappa shape index (κ3) is 13.2. The number of carboxylic acids is 1. The number of aromatic carboxylic acids is 1. The molecule has 414 valence electrons. The molecule has 1 amide bonds. The van der Waals surface area contributed by atoms with Crippen molar-refractivity contribution in [2.45, 2.75) is 67.7 Å². The minimum Gasteiger partial charge on any atom is -0.478 e. The zero-order valence-corrected chi connectivity index (χ0v) is 45.4. The van der Waals surface area contributed by atoms with Crippen molar-refractivity contribution < 1.29 is 32.3 Å². The lowest BCUT2D eigenvalue weighted by Crippen LogP contribution is -2.26. The van der Waals surface area contributed by atoms with Crippen molar-refractivity contribution in [2.75, 3.05) is 69.5 Å². The maximum atomic E-state index is 15.0. The van der Waals surface area contributed by atoms with E-state index in [4.69, 9.17) is 4.98 Å². The van der Waals surface area contributed by atoms with E-state index in [0.717, 1.165) is 91.9 Å². The highest BCUT2D eigenvalue weighted by Gasteiger charge is 2.24. The van der Waals surface area contributed by atoms with E-state index < -0.39 is 51.7 Å². The van der Waals surface area contributed by atoms with Crippen molar-refractivity contribution in [1.29, 1.82) is 0 Å². The molecule has 0 aliphatic heterocycles. The highest BCUT2D eigenvalue weighted by molar-refractivity contribution is 6.00. The Labute approximate surface area is 455 Å². The predicted molar refractivity (Wildman–Crippen MR) is 302 cm³/mol. The molecule has 0 bridgehead atoms. The predicted octanol–water partition coefficient (Wildman–Crippen LogP) is 10.2. The van der Waals surface area contributed by atoms with Crippen molar-refractivity contribution in [1.82, 2.24) is 44.2 Å². The Balaban J connectivity index is 0.000000229. The first kappa shape index (κ1) is 58.3. The van der Waals surface area contributed by atoms with Crippen LogP contribution in [0.3, 0.4) is 0 Å². The first-order valence-electron chi connectivity index (χ1n) is 26.5. The molecule has 0 fully saturated rings. The number of nitrogens with zero attached hydrogens (tertiary/aromatic N) is 8. The Morgan fingerprint density at radius 2 is 0.924 bits per heavy atom. The topological polar surface area (TPSA) is 192 Å². The summed E-state index contributed by atoms with van der Waals surface area (Å²) in [7, 11) is 0. The number of para-hydroxylation sites is 2. The second-order valence-corrected chi connectivity index (χ2v) is 18.6. The Hall–Kier alpha value is -8.36. The number of fused-ring (bicyclic) bond motifs is 2. The normalized spacial score (nSPS) is 11.3. The minimum absolute atomic E-state index is 0.00197. The standard InChI is InChI=1S/C31H36F2N6O2.C28H29F2N5O3/c1-5-17-34-30(41)22-12-8-11-21(20(22)4)27-23-15-16-26(40)39(28-24(32)13-9-14-25(28)33)29(23)37-31(36-27)35-18-10-19-38(6-2)7-3;1-4-34(5-2)16-8-15-31-28-32-24(18-9-6-10-19(17(18)3)27(37)38)20-13-14-23(36)35(26(20)33-28)25-21(29)11-7-12-22(25)30/h8-9,11-16H,5-7,10,17-19H2,1-4H3,(H,34,41)(H,35,36,37);6-7,9-14H,4-5,8,15-16H2,1-3H3,(H,37,38)(H,31,32,33). The van der Waals surface area contributed by atoms with Gasteiger partial charge in [-0.05, 0) is 132 Å². The molecule has 8 rings (SSSR count). The van der Waals surface area contributed by atoms with E-state index in [0.29, 0.717) is 69.6 Å². The number of anilines is 2. The first-order valence-corrected chi connectivity index (χ1v) is 26.5. The lowest BCUT2D eigenvalue weighted by molar-refractivity contribution is 0.0695. The second-order valence-electron chi connectivity index (χ2n) is 18.6. The quantitative estimate of drug-likeness (QED) is 0.0371. The van der Waals surface area contributed by atoms with Gasteiger partial charge in [-0.1, -0.05) is 71.0 Å². The number of rotatable bonds is 22. The lowest BCUT2D eigenvalue weighted by Gasteiger charge is -2.19. The molecule has 79 heavy (non-hydrogen) atoms. The van der Waals surface area contributed by atoms with Crippen molar-refractivity contribution >= 4 is 45.8 Å². The van der Waals surface area contributed by atoms with Crippen molar-refractivity contribution in [3.63, 3.8) is 0 Å². The largest absolute Gasteiger partial charge is 0.478 e. The summed E-state index contributed by atoms with van der Waals surface area (Å²) in [6.07, 6.45) is 2.40. The summed E-state index contributed by atoms with van der Waals surface area (Å²) < 4.78 is 61.4. The molecular formula is C59H65F4N11O5. The number of aromatic nitrogens is 6. The molecule has 0 radical (unpaired) electrons. The van der Waals surface area contributed by atoms with Gasteiger partial charge >= 0.3 is 5.97 Å². The van der Waals surface area contributed by atoms with Gasteiger partial charge in [0.1, 0.15) is 34.6 Å². The zero-order valence-electron chi connectivity index (χ0n) is 45.4. The van der Waals surface area contributed by atoms with Crippen LogP contribution in [0.4, 0.5) is 29.5 Å². The molecule has 4 N–H and O–H groups in total. The number of hydrogen-bond acceptors (Lipinski definition) is 12. The molecular weight excluding hydrogens is 1020 g/mol. The molecule has 0 atom stereocenters. The number of benzene rings is 4. The van der Waals surface area contributed by atoms with Gasteiger partial charge in [-0.2, -0.15) is 9.97 Å². The Morgan fingerprint density at radius 1 is 0.532 bits per heavy atom. The molecule has 0 spiro atoms. The lowest BCUT2D eigenvalue weighted by atomic mass is 9.97. The van der Waals surface area contributed by atoms with E-state index in [1.54, 1.807) is 37.3 Å². The molecule has 0 saturated carbocycles. The van der Waals surface area contributed by atoms with E-state index in [2.05, 4.69) is 68.4 Å². The third-order valence-corrected chi connectivity index (χ3v) is 13.7. The van der Waals surface area contributed by atoms with Crippen molar-refractivity contribution in [3.05, 3.63) is 163 Å². The summed E-state index contributed by atoms with van der Waals surface area (Å²) in [6.45, 7) is 20.9. The van der Waals surface area contributed by atoms with Gasteiger partial charge in [-0.3, -0.25) is 23.5 Å². The van der Waals surface area contributed by atoms with Crippen LogP contribution in [0.15, 0.2) is 107 Å². The Bertz CT molecular complexity index is 3580. The van der Waals surface area contributed by atoms with Crippen LogP contribution < -0.4 is 27.1 Å². The summed E-state index contributed by atoms with van der Waals surface area (Å²) in [5.41, 5.74) is 1.35. The molecule has 0 aliphatic rings. The Kier molecular flexibility index (Phi) is 19.8. The van der Waals surface area contributed by atoms with Gasteiger partial charge < -0.3 is 30.9 Å². The summed E-state index contributed by atoms with van der Waals surface area (Å²) in [5.74, 6) is -4.55. The van der Waals surface area contributed by atoms with Crippen LogP contribution in [-0.4, -0.2) is 115 Å². The van der Waals surface area contributed by atoms with E-state index in [1.807, 2.05) is 19.9 Å². The van der Waals surface area contributed by atoms with Crippen LogP contribution >= 0.6 is 0 Å². The van der Waals surface area contributed by atoms with Crippen molar-refractivity contribution in [2.24, 2.45) is 0 Å². The van der Waals surface area contributed by atoms with E-state index in [9.17, 15) is 41.8 Å². The van der Waals surface area contributed by atoms with Gasteiger partial charge in [0.15, 0.2) is 11.3 Å². The highest BCUT2D eigenvalue weighted by atomic mass is 19.1. The molecule has 4 aromatic carbocycles. The second kappa shape index (κ2) is 26.8. The molecule has 0 saturated heterocycles. The van der Waals surface area contributed by atoms with E-state index in [-0.39, 0.29) is 34.7 Å². The number of amides is 1. The summed E-state index contributed by atoms with van der Waals surface area (Å²) in [6, 6.07) is 22.4. The monoisotopic (exact) mass is 1080 g/mol. The maximum Gasteiger partial charge on any atom is 0.335 e. The van der Waals surface area contributed by atoms with Crippen molar-refractivity contribution in [3.8, 4) is 33.9 Å². The number of hydrogen-bond donors (Lipinski definition) is 4. The van der Waals surface area contributed by atoms with Crippen LogP contribution in [0, 0.1) is 37.1 Å². The van der Waals surface area contributed by atoms with Gasteiger partial charge in [0.05, 0.1) is 17.0 Å². The van der Waals surface area contributed by atoms with Gasteiger partial charge in [-0.15, -0.1) is 0 Å².